The number of allylic oxidation sites excluding steroid dienone is 3. The van der Waals surface area contributed by atoms with Crippen molar-refractivity contribution in [3.63, 3.8) is 0 Å². The number of hydrogen-bond acceptors (Lipinski definition) is 4. The predicted molar refractivity (Wildman–Crippen MR) is 118 cm³/mol. The van der Waals surface area contributed by atoms with Crippen molar-refractivity contribution in [2.24, 2.45) is 5.41 Å². The van der Waals surface area contributed by atoms with Gasteiger partial charge in [0, 0.05) is 29.3 Å². The summed E-state index contributed by atoms with van der Waals surface area (Å²) in [6.07, 6.45) is 6.59. The number of ether oxygens (including phenoxy) is 1. The van der Waals surface area contributed by atoms with Gasteiger partial charge in [-0.2, -0.15) is 0 Å². The Bertz CT molecular complexity index is 914. The van der Waals surface area contributed by atoms with E-state index in [4.69, 9.17) is 4.74 Å². The molecule has 0 bridgehead atoms. The first-order valence-corrected chi connectivity index (χ1v) is 11.3. The lowest BCUT2D eigenvalue weighted by Gasteiger charge is -2.39. The molecule has 2 aliphatic carbocycles. The maximum Gasteiger partial charge on any atom is 0.337 e. The number of esters is 1. The van der Waals surface area contributed by atoms with Crippen LogP contribution in [0.25, 0.3) is 0 Å². The van der Waals surface area contributed by atoms with E-state index in [2.05, 4.69) is 19.2 Å². The summed E-state index contributed by atoms with van der Waals surface area (Å²) in [5.41, 5.74) is 5.18. The fraction of sp³-hybridized carbons (Fsp3) is 0.538. The molecule has 1 aromatic carbocycles. The second-order valence-corrected chi connectivity index (χ2v) is 10.0. The van der Waals surface area contributed by atoms with Crippen LogP contribution in [0.3, 0.4) is 0 Å². The number of carbonyl (C=O) groups excluding carboxylic acids is 2. The molecule has 3 aliphatic rings. The molecule has 0 saturated heterocycles. The summed E-state index contributed by atoms with van der Waals surface area (Å²) in [4.78, 5) is 26.7. The first-order valence-electron chi connectivity index (χ1n) is 11.3. The Balaban J connectivity index is 1.75. The standard InChI is InChI=1S/C26H33NO3/c1-16-10-12-18(13-11-16)23-22(25(29)30-19-8-6-5-7-9-19)17(2)27-20-14-26(3,4)15-21(28)24(20)23/h10-13,19,23,27H,5-9,14-15H2,1-4H3/t23-/m0/s1. The van der Waals surface area contributed by atoms with Gasteiger partial charge in [0.1, 0.15) is 6.10 Å². The van der Waals surface area contributed by atoms with Crippen molar-refractivity contribution in [2.45, 2.75) is 84.7 Å². The first kappa shape index (κ1) is 20.9. The van der Waals surface area contributed by atoms with Crippen LogP contribution in [0.1, 0.15) is 82.8 Å². The predicted octanol–water partition coefficient (Wildman–Crippen LogP) is 5.47. The van der Waals surface area contributed by atoms with Gasteiger partial charge in [-0.05, 0) is 56.9 Å². The molecule has 1 heterocycles. The number of ketones is 1. The number of rotatable bonds is 3. The molecule has 0 amide bonds. The summed E-state index contributed by atoms with van der Waals surface area (Å²) < 4.78 is 5.96. The van der Waals surface area contributed by atoms with Crippen molar-refractivity contribution in [1.82, 2.24) is 5.32 Å². The molecule has 0 aromatic heterocycles. The van der Waals surface area contributed by atoms with Crippen LogP contribution < -0.4 is 5.32 Å². The van der Waals surface area contributed by atoms with Crippen LogP contribution in [0.15, 0.2) is 46.8 Å². The topological polar surface area (TPSA) is 55.4 Å². The number of hydrogen-bond donors (Lipinski definition) is 1. The molecule has 1 aliphatic heterocycles. The van der Waals surface area contributed by atoms with Gasteiger partial charge in [-0.25, -0.2) is 4.79 Å². The lowest BCUT2D eigenvalue weighted by Crippen LogP contribution is -2.39. The number of aryl methyl sites for hydroxylation is 1. The second kappa shape index (κ2) is 8.05. The number of carbonyl (C=O) groups is 2. The van der Waals surface area contributed by atoms with Gasteiger partial charge >= 0.3 is 5.97 Å². The monoisotopic (exact) mass is 407 g/mol. The molecular formula is C26H33NO3. The third-order valence-corrected chi connectivity index (χ3v) is 6.70. The van der Waals surface area contributed by atoms with Crippen LogP contribution >= 0.6 is 0 Å². The number of nitrogens with one attached hydrogen (secondary N) is 1. The number of Topliss-reactive ketones (excluding diaryl/α,β-unsaturated/α-hetero) is 1. The van der Waals surface area contributed by atoms with Gasteiger partial charge in [0.15, 0.2) is 5.78 Å². The Labute approximate surface area is 179 Å². The van der Waals surface area contributed by atoms with Gasteiger partial charge in [-0.1, -0.05) is 50.1 Å². The highest BCUT2D eigenvalue weighted by molar-refractivity contribution is 6.04. The van der Waals surface area contributed by atoms with E-state index < -0.39 is 0 Å². The molecule has 4 rings (SSSR count). The Morgan fingerprint density at radius 1 is 1.03 bits per heavy atom. The van der Waals surface area contributed by atoms with E-state index in [0.29, 0.717) is 12.0 Å². The zero-order valence-corrected chi connectivity index (χ0v) is 18.6. The van der Waals surface area contributed by atoms with E-state index in [9.17, 15) is 9.59 Å². The highest BCUT2D eigenvalue weighted by atomic mass is 16.5. The fourth-order valence-corrected chi connectivity index (χ4v) is 5.20. The van der Waals surface area contributed by atoms with Crippen molar-refractivity contribution >= 4 is 11.8 Å². The Hall–Kier alpha value is -2.36. The maximum atomic E-state index is 13.4. The van der Waals surface area contributed by atoms with E-state index in [1.54, 1.807) is 0 Å². The van der Waals surface area contributed by atoms with Crippen LogP contribution in [-0.2, 0) is 14.3 Å². The molecular weight excluding hydrogens is 374 g/mol. The summed E-state index contributed by atoms with van der Waals surface area (Å²) in [5.74, 6) is -0.502. The molecule has 1 saturated carbocycles. The first-order chi connectivity index (χ1) is 14.2. The van der Waals surface area contributed by atoms with Crippen molar-refractivity contribution in [2.75, 3.05) is 0 Å². The normalized spacial score (nSPS) is 24.4. The van der Waals surface area contributed by atoms with Crippen LogP contribution in [0.5, 0.6) is 0 Å². The molecule has 0 unspecified atom stereocenters. The SMILES string of the molecule is CC1=C(C(=O)OC2CCCCC2)[C@H](c2ccc(C)cc2)C2=C(CC(C)(C)CC2=O)N1. The summed E-state index contributed by atoms with van der Waals surface area (Å²) in [6.45, 7) is 8.24. The van der Waals surface area contributed by atoms with Gasteiger partial charge in [0.05, 0.1) is 5.57 Å². The summed E-state index contributed by atoms with van der Waals surface area (Å²) >= 11 is 0. The third-order valence-electron chi connectivity index (χ3n) is 6.70. The molecule has 0 radical (unpaired) electrons. The minimum absolute atomic E-state index is 0.0124. The van der Waals surface area contributed by atoms with Gasteiger partial charge in [0.25, 0.3) is 0 Å². The van der Waals surface area contributed by atoms with Crippen LogP contribution in [0, 0.1) is 12.3 Å². The molecule has 0 spiro atoms. The number of benzene rings is 1. The highest BCUT2D eigenvalue weighted by Gasteiger charge is 2.43. The average molecular weight is 408 g/mol. The van der Waals surface area contributed by atoms with Gasteiger partial charge in [-0.15, -0.1) is 0 Å². The second-order valence-electron chi connectivity index (χ2n) is 10.0. The third kappa shape index (κ3) is 4.10. The fourth-order valence-electron chi connectivity index (χ4n) is 5.20. The summed E-state index contributed by atoms with van der Waals surface area (Å²) in [7, 11) is 0. The van der Waals surface area contributed by atoms with Gasteiger partial charge < -0.3 is 10.1 Å². The van der Waals surface area contributed by atoms with Gasteiger partial charge in [-0.3, -0.25) is 4.79 Å². The molecule has 4 heteroatoms. The lowest BCUT2D eigenvalue weighted by molar-refractivity contribution is -0.146. The van der Waals surface area contributed by atoms with E-state index in [1.807, 2.05) is 38.1 Å². The minimum atomic E-state index is -0.360. The Morgan fingerprint density at radius 2 is 1.70 bits per heavy atom. The van der Waals surface area contributed by atoms with Crippen LogP contribution in [0.2, 0.25) is 0 Å². The largest absolute Gasteiger partial charge is 0.459 e. The molecule has 160 valence electrons. The molecule has 30 heavy (non-hydrogen) atoms. The zero-order chi connectivity index (χ0) is 21.5. The maximum absolute atomic E-state index is 13.4. The molecule has 1 N–H and O–H groups in total. The molecule has 1 atom stereocenters. The molecule has 1 aromatic rings. The average Bonchev–Trinajstić information content (AvgIpc) is 2.67. The van der Waals surface area contributed by atoms with Crippen molar-refractivity contribution in [3.8, 4) is 0 Å². The van der Waals surface area contributed by atoms with Gasteiger partial charge in [0.2, 0.25) is 0 Å². The molecule has 4 nitrogen and oxygen atoms in total. The summed E-state index contributed by atoms with van der Waals surface area (Å²) in [6, 6.07) is 8.19. The smallest absolute Gasteiger partial charge is 0.337 e. The molecule has 1 fully saturated rings. The highest BCUT2D eigenvalue weighted by Crippen LogP contribution is 2.47. The van der Waals surface area contributed by atoms with Crippen molar-refractivity contribution in [1.29, 1.82) is 0 Å². The van der Waals surface area contributed by atoms with Crippen molar-refractivity contribution < 1.29 is 14.3 Å². The van der Waals surface area contributed by atoms with Crippen molar-refractivity contribution in [3.05, 3.63) is 57.9 Å². The van der Waals surface area contributed by atoms with E-state index in [1.165, 1.54) is 6.42 Å². The van der Waals surface area contributed by atoms with E-state index in [0.717, 1.165) is 60.2 Å². The van der Waals surface area contributed by atoms with Crippen LogP contribution in [0.4, 0.5) is 0 Å². The Morgan fingerprint density at radius 3 is 2.37 bits per heavy atom. The Kier molecular flexibility index (Phi) is 5.61. The van der Waals surface area contributed by atoms with E-state index >= 15 is 0 Å². The number of dihydropyridines is 1. The minimum Gasteiger partial charge on any atom is -0.459 e. The zero-order valence-electron chi connectivity index (χ0n) is 18.6. The van der Waals surface area contributed by atoms with Crippen LogP contribution in [-0.4, -0.2) is 17.9 Å². The lowest BCUT2D eigenvalue weighted by atomic mass is 9.68. The van der Waals surface area contributed by atoms with E-state index in [-0.39, 0.29) is 29.2 Å². The summed E-state index contributed by atoms with van der Waals surface area (Å²) in [5, 5.41) is 3.42. The quantitative estimate of drug-likeness (QED) is 0.675.